The molecular weight excluding hydrogens is 406 g/mol. The van der Waals surface area contributed by atoms with Crippen LogP contribution in [0.2, 0.25) is 0 Å². The molecule has 30 heavy (non-hydrogen) atoms. The predicted molar refractivity (Wildman–Crippen MR) is 102 cm³/mol. The monoisotopic (exact) mass is 423 g/mol. The maximum absolute atomic E-state index is 10.6. The molecule has 2 aromatic rings. The van der Waals surface area contributed by atoms with E-state index in [9.17, 15) is 18.2 Å². The number of benzene rings is 1. The molecule has 1 aliphatic heterocycles. The Morgan fingerprint density at radius 3 is 2.73 bits per heavy atom. The molecule has 1 aromatic heterocycles. The zero-order valence-electron chi connectivity index (χ0n) is 15.7. The van der Waals surface area contributed by atoms with Crippen LogP contribution in [-0.2, 0) is 14.2 Å². The number of alkyl halides is 3. The molecule has 2 heterocycles. The van der Waals surface area contributed by atoms with Gasteiger partial charge in [0.25, 0.3) is 0 Å². The van der Waals surface area contributed by atoms with Gasteiger partial charge in [-0.05, 0) is 35.7 Å². The SMILES string of the molecule is COC1=CCC2COB(O)C2=C1c1ccc2c(N)cnnc2c1.O=C(O)C(F)(F)F. The number of nitrogens with two attached hydrogens (primary N) is 1. The lowest BCUT2D eigenvalue weighted by molar-refractivity contribution is -0.192. The molecule has 8 nitrogen and oxygen atoms in total. The van der Waals surface area contributed by atoms with Gasteiger partial charge >= 0.3 is 19.3 Å². The fraction of sp³-hybridized carbons (Fsp3) is 0.278. The van der Waals surface area contributed by atoms with Crippen molar-refractivity contribution in [2.24, 2.45) is 5.92 Å². The van der Waals surface area contributed by atoms with Crippen molar-refractivity contribution in [3.8, 4) is 0 Å². The van der Waals surface area contributed by atoms with Crippen LogP contribution >= 0.6 is 0 Å². The lowest BCUT2D eigenvalue weighted by Gasteiger charge is -2.23. The van der Waals surface area contributed by atoms with Crippen LogP contribution in [0, 0.1) is 5.92 Å². The molecule has 1 aromatic carbocycles. The molecule has 1 atom stereocenters. The average molecular weight is 423 g/mol. The normalized spacial score (nSPS) is 18.5. The number of aromatic nitrogens is 2. The minimum absolute atomic E-state index is 0.182. The van der Waals surface area contributed by atoms with Crippen molar-refractivity contribution in [1.82, 2.24) is 10.2 Å². The van der Waals surface area contributed by atoms with E-state index in [1.54, 1.807) is 7.11 Å². The molecule has 2 aliphatic rings. The number of hydrogen-bond acceptors (Lipinski definition) is 7. The fourth-order valence-electron chi connectivity index (χ4n) is 3.34. The molecule has 0 bridgehead atoms. The first kappa shape index (κ1) is 21.6. The number of nitrogens with zero attached hydrogens (tertiary/aromatic N) is 2. The van der Waals surface area contributed by atoms with Crippen molar-refractivity contribution < 1.29 is 37.5 Å². The average Bonchev–Trinajstić information content (AvgIpc) is 3.08. The minimum atomic E-state index is -5.08. The highest BCUT2D eigenvalue weighted by Crippen LogP contribution is 2.41. The van der Waals surface area contributed by atoms with E-state index in [1.807, 2.05) is 24.3 Å². The van der Waals surface area contributed by atoms with E-state index in [0.717, 1.165) is 34.2 Å². The van der Waals surface area contributed by atoms with Gasteiger partial charge in [-0.1, -0.05) is 6.07 Å². The predicted octanol–water partition coefficient (Wildman–Crippen LogP) is 2.20. The van der Waals surface area contributed by atoms with Gasteiger partial charge in [0.05, 0.1) is 24.5 Å². The van der Waals surface area contributed by atoms with Crippen LogP contribution in [0.5, 0.6) is 0 Å². The number of rotatable bonds is 2. The summed E-state index contributed by atoms with van der Waals surface area (Å²) in [5, 5.41) is 26.3. The highest BCUT2D eigenvalue weighted by atomic mass is 19.4. The number of allylic oxidation sites excluding steroid dienone is 2. The molecule has 0 spiro atoms. The fourth-order valence-corrected chi connectivity index (χ4v) is 3.34. The number of anilines is 1. The van der Waals surface area contributed by atoms with Gasteiger partial charge in [-0.3, -0.25) is 0 Å². The molecule has 4 rings (SSSR count). The van der Waals surface area contributed by atoms with Crippen LogP contribution in [0.15, 0.2) is 41.7 Å². The van der Waals surface area contributed by atoms with Gasteiger partial charge in [-0.15, -0.1) is 0 Å². The van der Waals surface area contributed by atoms with Gasteiger partial charge in [0.15, 0.2) is 0 Å². The second-order valence-corrected chi connectivity index (χ2v) is 6.56. The van der Waals surface area contributed by atoms with E-state index < -0.39 is 19.3 Å². The minimum Gasteiger partial charge on any atom is -0.496 e. The van der Waals surface area contributed by atoms with E-state index in [0.29, 0.717) is 17.8 Å². The summed E-state index contributed by atoms with van der Waals surface area (Å²) in [6, 6.07) is 5.80. The standard InChI is InChI=1S/C16H16BN3O3.C2HF3O2/c1-22-14-5-3-10-8-23-17(21)16(10)15(14)9-2-4-11-12(18)7-19-20-13(11)6-9;3-2(4,5)1(6)7/h2,4-7,10,21H,3,8H2,1H3,(H2,18,20);(H,6,7). The quantitative estimate of drug-likeness (QED) is 0.628. The second-order valence-electron chi connectivity index (χ2n) is 6.56. The zero-order chi connectivity index (χ0) is 22.1. The topological polar surface area (TPSA) is 128 Å². The lowest BCUT2D eigenvalue weighted by atomic mass is 9.67. The summed E-state index contributed by atoms with van der Waals surface area (Å²) >= 11 is 0. The number of aliphatic carboxylic acids is 1. The van der Waals surface area contributed by atoms with Gasteiger partial charge in [-0.2, -0.15) is 23.4 Å². The smallest absolute Gasteiger partial charge is 0.490 e. The van der Waals surface area contributed by atoms with Crippen LogP contribution in [0.4, 0.5) is 18.9 Å². The molecule has 12 heteroatoms. The summed E-state index contributed by atoms with van der Waals surface area (Å²) in [5.41, 5.74) is 9.90. The largest absolute Gasteiger partial charge is 0.496 e. The number of carboxylic acids is 1. The Bertz CT molecular complexity index is 1040. The van der Waals surface area contributed by atoms with Crippen molar-refractivity contribution in [2.75, 3.05) is 19.5 Å². The van der Waals surface area contributed by atoms with Crippen molar-refractivity contribution >= 4 is 35.3 Å². The van der Waals surface area contributed by atoms with Gasteiger partial charge in [0, 0.05) is 23.5 Å². The van der Waals surface area contributed by atoms with Crippen molar-refractivity contribution in [2.45, 2.75) is 12.6 Å². The molecule has 0 amide bonds. The van der Waals surface area contributed by atoms with E-state index >= 15 is 0 Å². The van der Waals surface area contributed by atoms with Gasteiger partial charge in [-0.25, -0.2) is 4.79 Å². The van der Waals surface area contributed by atoms with Crippen molar-refractivity contribution in [1.29, 1.82) is 0 Å². The Morgan fingerprint density at radius 1 is 1.40 bits per heavy atom. The third kappa shape index (κ3) is 4.24. The zero-order valence-corrected chi connectivity index (χ0v) is 15.7. The van der Waals surface area contributed by atoms with Crippen LogP contribution in [-0.4, -0.2) is 53.3 Å². The van der Waals surface area contributed by atoms with Crippen LogP contribution in [0.3, 0.4) is 0 Å². The Kier molecular flexibility index (Phi) is 5.99. The molecular formula is C18H17BF3N3O5. The number of carboxylic acid groups (broad SMARTS) is 1. The maximum Gasteiger partial charge on any atom is 0.490 e. The molecule has 158 valence electrons. The first-order valence-electron chi connectivity index (χ1n) is 8.73. The highest BCUT2D eigenvalue weighted by Gasteiger charge is 2.40. The van der Waals surface area contributed by atoms with Crippen LogP contribution in [0.1, 0.15) is 12.0 Å². The third-order valence-electron chi connectivity index (χ3n) is 4.71. The summed E-state index contributed by atoms with van der Waals surface area (Å²) in [6.45, 7) is 0.522. The highest BCUT2D eigenvalue weighted by molar-refractivity contribution is 6.55. The van der Waals surface area contributed by atoms with Gasteiger partial charge < -0.3 is 25.3 Å². The molecule has 1 fully saturated rings. The van der Waals surface area contributed by atoms with Crippen molar-refractivity contribution in [3.63, 3.8) is 0 Å². The van der Waals surface area contributed by atoms with E-state index in [4.69, 9.17) is 25.0 Å². The summed E-state index contributed by atoms with van der Waals surface area (Å²) in [7, 11) is 0.741. The molecule has 0 saturated carbocycles. The summed E-state index contributed by atoms with van der Waals surface area (Å²) in [4.78, 5) is 8.90. The Hall–Kier alpha value is -3.12. The summed E-state index contributed by atoms with van der Waals surface area (Å²) in [5.74, 6) is -1.83. The van der Waals surface area contributed by atoms with Gasteiger partial charge in [0.2, 0.25) is 0 Å². The molecule has 1 saturated heterocycles. The van der Waals surface area contributed by atoms with Crippen LogP contribution in [0.25, 0.3) is 16.5 Å². The number of hydrogen-bond donors (Lipinski definition) is 3. The summed E-state index contributed by atoms with van der Waals surface area (Å²) < 4.78 is 42.7. The van der Waals surface area contributed by atoms with E-state index in [1.165, 1.54) is 6.20 Å². The number of nitrogen functional groups attached to an aromatic ring is 1. The number of fused-ring (bicyclic) bond motifs is 2. The van der Waals surface area contributed by atoms with E-state index in [2.05, 4.69) is 10.2 Å². The first-order valence-corrected chi connectivity index (χ1v) is 8.73. The number of methoxy groups -OCH3 is 1. The molecule has 0 radical (unpaired) electrons. The molecule has 1 unspecified atom stereocenters. The number of halogens is 3. The van der Waals surface area contributed by atoms with E-state index in [-0.39, 0.29) is 5.92 Å². The lowest BCUT2D eigenvalue weighted by Crippen LogP contribution is -2.21. The second kappa shape index (κ2) is 8.32. The first-order chi connectivity index (χ1) is 14.1. The number of carbonyl (C=O) groups is 1. The Balaban J connectivity index is 0.000000318. The molecule has 4 N–H and O–H groups in total. The van der Waals surface area contributed by atoms with Gasteiger partial charge in [0.1, 0.15) is 5.76 Å². The summed E-state index contributed by atoms with van der Waals surface area (Å²) in [6.07, 6.45) is -0.699. The third-order valence-corrected chi connectivity index (χ3v) is 4.71. The van der Waals surface area contributed by atoms with Crippen molar-refractivity contribution in [3.05, 3.63) is 47.3 Å². The Morgan fingerprint density at radius 2 is 2.10 bits per heavy atom. The number of ether oxygens (including phenoxy) is 1. The Labute approximate surface area is 168 Å². The molecule has 1 aliphatic carbocycles. The van der Waals surface area contributed by atoms with Crippen LogP contribution < -0.4 is 5.73 Å². The maximum atomic E-state index is 10.6.